The smallest absolute Gasteiger partial charge is 0.293 e. The van der Waals surface area contributed by atoms with Gasteiger partial charge in [-0.05, 0) is 34.9 Å². The van der Waals surface area contributed by atoms with E-state index >= 15 is 0 Å². The maximum atomic E-state index is 12.9. The number of benzene rings is 2. The first kappa shape index (κ1) is 20.3. The van der Waals surface area contributed by atoms with Gasteiger partial charge in [0.1, 0.15) is 5.76 Å². The highest BCUT2D eigenvalue weighted by molar-refractivity contribution is 5.63. The summed E-state index contributed by atoms with van der Waals surface area (Å²) >= 11 is 0. The van der Waals surface area contributed by atoms with E-state index in [0.717, 1.165) is 38.5 Å². The van der Waals surface area contributed by atoms with E-state index in [4.69, 9.17) is 4.42 Å². The van der Waals surface area contributed by atoms with Crippen molar-refractivity contribution < 1.29 is 4.42 Å². The van der Waals surface area contributed by atoms with Crippen LogP contribution in [0.15, 0.2) is 94.6 Å². The first-order valence-electron chi connectivity index (χ1n) is 11.0. The van der Waals surface area contributed by atoms with Crippen molar-refractivity contribution in [1.82, 2.24) is 14.5 Å². The van der Waals surface area contributed by atoms with E-state index in [1.807, 2.05) is 18.2 Å². The Hall–Kier alpha value is -3.64. The van der Waals surface area contributed by atoms with Crippen LogP contribution in [0.2, 0.25) is 0 Å². The third kappa shape index (κ3) is 4.50. The fourth-order valence-corrected chi connectivity index (χ4v) is 4.20. The minimum atomic E-state index is -0.0760. The highest BCUT2D eigenvalue weighted by Crippen LogP contribution is 2.21. The van der Waals surface area contributed by atoms with Gasteiger partial charge in [0.25, 0.3) is 5.56 Å². The lowest BCUT2D eigenvalue weighted by atomic mass is 10.0. The molecule has 162 valence electrons. The molecule has 1 aliphatic heterocycles. The monoisotopic (exact) mass is 426 g/mol. The SMILES string of the molecule is O=c1c(N2CCN(Cc3cccc(-c4ccccc4)c3)CC2)nccn1Cc1ccco1. The molecule has 0 aliphatic carbocycles. The van der Waals surface area contributed by atoms with Crippen LogP contribution >= 0.6 is 0 Å². The Bertz CT molecular complexity index is 1210. The van der Waals surface area contributed by atoms with Gasteiger partial charge in [0, 0.05) is 45.1 Å². The second-order valence-corrected chi connectivity index (χ2v) is 8.09. The number of hydrogen-bond donors (Lipinski definition) is 0. The van der Waals surface area contributed by atoms with E-state index in [1.165, 1.54) is 16.7 Å². The van der Waals surface area contributed by atoms with Crippen LogP contribution < -0.4 is 10.5 Å². The molecule has 4 aromatic rings. The van der Waals surface area contributed by atoms with Gasteiger partial charge < -0.3 is 13.9 Å². The summed E-state index contributed by atoms with van der Waals surface area (Å²) in [6.45, 7) is 4.67. The number of hydrogen-bond acceptors (Lipinski definition) is 5. The number of anilines is 1. The molecule has 0 radical (unpaired) electrons. The van der Waals surface area contributed by atoms with E-state index < -0.39 is 0 Å². The molecule has 1 saturated heterocycles. The first-order chi connectivity index (χ1) is 15.8. The highest BCUT2D eigenvalue weighted by Gasteiger charge is 2.21. The predicted molar refractivity (Wildman–Crippen MR) is 126 cm³/mol. The lowest BCUT2D eigenvalue weighted by molar-refractivity contribution is 0.249. The third-order valence-electron chi connectivity index (χ3n) is 5.91. The average molecular weight is 427 g/mol. The molecule has 0 unspecified atom stereocenters. The van der Waals surface area contributed by atoms with Crippen LogP contribution in [0.3, 0.4) is 0 Å². The summed E-state index contributed by atoms with van der Waals surface area (Å²) in [6, 6.07) is 22.9. The Balaban J connectivity index is 1.23. The molecule has 5 rings (SSSR count). The van der Waals surface area contributed by atoms with E-state index in [2.05, 4.69) is 63.3 Å². The Labute approximate surface area is 187 Å². The van der Waals surface area contributed by atoms with Crippen molar-refractivity contribution in [2.75, 3.05) is 31.1 Å². The summed E-state index contributed by atoms with van der Waals surface area (Å²) in [5.41, 5.74) is 3.71. The molecule has 0 atom stereocenters. The molecule has 2 aromatic heterocycles. The van der Waals surface area contributed by atoms with Gasteiger partial charge in [-0.25, -0.2) is 4.98 Å². The van der Waals surface area contributed by atoms with Crippen LogP contribution in [0.1, 0.15) is 11.3 Å². The van der Waals surface area contributed by atoms with Crippen LogP contribution in [-0.2, 0) is 13.1 Å². The van der Waals surface area contributed by atoms with Crippen LogP contribution in [-0.4, -0.2) is 40.6 Å². The zero-order chi connectivity index (χ0) is 21.8. The van der Waals surface area contributed by atoms with Gasteiger partial charge >= 0.3 is 0 Å². The Morgan fingerprint density at radius 1 is 0.844 bits per heavy atom. The molecule has 1 aliphatic rings. The fraction of sp³-hybridized carbons (Fsp3) is 0.231. The molecule has 3 heterocycles. The van der Waals surface area contributed by atoms with Crippen molar-refractivity contribution in [3.05, 3.63) is 107 Å². The molecule has 2 aromatic carbocycles. The largest absolute Gasteiger partial charge is 0.467 e. The Kier molecular flexibility index (Phi) is 5.85. The number of rotatable bonds is 6. The highest BCUT2D eigenvalue weighted by atomic mass is 16.3. The number of piperazine rings is 1. The van der Waals surface area contributed by atoms with Gasteiger partial charge in [-0.3, -0.25) is 9.69 Å². The summed E-state index contributed by atoms with van der Waals surface area (Å²) in [5, 5.41) is 0. The van der Waals surface area contributed by atoms with E-state index in [-0.39, 0.29) is 5.56 Å². The molecule has 0 amide bonds. The minimum Gasteiger partial charge on any atom is -0.467 e. The molecule has 0 spiro atoms. The second-order valence-electron chi connectivity index (χ2n) is 8.09. The minimum absolute atomic E-state index is 0.0760. The van der Waals surface area contributed by atoms with Gasteiger partial charge in [-0.15, -0.1) is 0 Å². The maximum absolute atomic E-state index is 12.9. The number of aromatic nitrogens is 2. The molecule has 0 saturated carbocycles. The van der Waals surface area contributed by atoms with E-state index in [1.54, 1.807) is 23.2 Å². The summed E-state index contributed by atoms with van der Waals surface area (Å²) < 4.78 is 7.04. The molecular formula is C26H26N4O2. The van der Waals surface area contributed by atoms with Crippen LogP contribution in [0.25, 0.3) is 11.1 Å². The molecular weight excluding hydrogens is 400 g/mol. The van der Waals surface area contributed by atoms with Gasteiger partial charge in [-0.2, -0.15) is 0 Å². The zero-order valence-electron chi connectivity index (χ0n) is 17.9. The summed E-state index contributed by atoms with van der Waals surface area (Å²) in [6.07, 6.45) is 5.03. The quantitative estimate of drug-likeness (QED) is 0.468. The van der Waals surface area contributed by atoms with Crippen molar-refractivity contribution >= 4 is 5.82 Å². The zero-order valence-corrected chi connectivity index (χ0v) is 17.9. The lowest BCUT2D eigenvalue weighted by Crippen LogP contribution is -2.48. The second kappa shape index (κ2) is 9.24. The fourth-order valence-electron chi connectivity index (χ4n) is 4.20. The standard InChI is InChI=1S/C26H26N4O2/c31-26-25(27-11-12-30(26)20-24-10-5-17-32-24)29-15-13-28(14-16-29)19-21-6-4-9-23(18-21)22-7-2-1-3-8-22/h1-12,17-18H,13-16,19-20H2. The third-order valence-corrected chi connectivity index (χ3v) is 5.91. The Morgan fingerprint density at radius 2 is 1.66 bits per heavy atom. The van der Waals surface area contributed by atoms with E-state index in [0.29, 0.717) is 12.4 Å². The normalized spacial score (nSPS) is 14.6. The molecule has 6 nitrogen and oxygen atoms in total. The lowest BCUT2D eigenvalue weighted by Gasteiger charge is -2.35. The van der Waals surface area contributed by atoms with E-state index in [9.17, 15) is 4.79 Å². The summed E-state index contributed by atoms with van der Waals surface area (Å²) in [5.74, 6) is 1.27. The maximum Gasteiger partial charge on any atom is 0.293 e. The van der Waals surface area contributed by atoms with Crippen molar-refractivity contribution in [3.63, 3.8) is 0 Å². The van der Waals surface area contributed by atoms with Crippen molar-refractivity contribution in [2.45, 2.75) is 13.1 Å². The topological polar surface area (TPSA) is 54.5 Å². The van der Waals surface area contributed by atoms with Gasteiger partial charge in [0.15, 0.2) is 5.82 Å². The van der Waals surface area contributed by atoms with Gasteiger partial charge in [-0.1, -0.05) is 48.5 Å². The number of furan rings is 1. The summed E-state index contributed by atoms with van der Waals surface area (Å²) in [7, 11) is 0. The van der Waals surface area contributed by atoms with Gasteiger partial charge in [0.05, 0.1) is 12.8 Å². The molecule has 0 N–H and O–H groups in total. The molecule has 32 heavy (non-hydrogen) atoms. The average Bonchev–Trinajstić information content (AvgIpc) is 3.35. The first-order valence-corrected chi connectivity index (χ1v) is 11.0. The number of nitrogens with zero attached hydrogens (tertiary/aromatic N) is 4. The van der Waals surface area contributed by atoms with Crippen molar-refractivity contribution in [1.29, 1.82) is 0 Å². The summed E-state index contributed by atoms with van der Waals surface area (Å²) in [4.78, 5) is 21.9. The van der Waals surface area contributed by atoms with Crippen LogP contribution in [0.4, 0.5) is 5.82 Å². The van der Waals surface area contributed by atoms with Crippen molar-refractivity contribution in [3.8, 4) is 11.1 Å². The van der Waals surface area contributed by atoms with Crippen LogP contribution in [0, 0.1) is 0 Å². The molecule has 6 heteroatoms. The molecule has 0 bridgehead atoms. The molecule has 1 fully saturated rings. The predicted octanol–water partition coefficient (Wildman–Crippen LogP) is 3.87. The van der Waals surface area contributed by atoms with Crippen LogP contribution in [0.5, 0.6) is 0 Å². The Morgan fingerprint density at radius 3 is 2.44 bits per heavy atom. The van der Waals surface area contributed by atoms with Gasteiger partial charge in [0.2, 0.25) is 0 Å². The van der Waals surface area contributed by atoms with Crippen molar-refractivity contribution in [2.24, 2.45) is 0 Å².